The standard InChI is InChI=1S/C24H29N3O3/c1-17(25-24(28)18-12-13-18)23-26-21-10-3-4-11-22(21)27(23)14-5-6-15-30-20-9-7-8-19(16-20)29-2/h3-4,7-11,16-18H,5-6,12-15H2,1-2H3,(H,25,28). The molecule has 1 heterocycles. The highest BCUT2D eigenvalue weighted by Crippen LogP contribution is 2.30. The number of nitrogens with one attached hydrogen (secondary N) is 1. The van der Waals surface area contributed by atoms with Crippen LogP contribution in [0.2, 0.25) is 0 Å². The summed E-state index contributed by atoms with van der Waals surface area (Å²) >= 11 is 0. The van der Waals surface area contributed by atoms with Crippen molar-refractivity contribution in [3.05, 3.63) is 54.4 Å². The maximum atomic E-state index is 12.2. The first-order valence-electron chi connectivity index (χ1n) is 10.7. The first kappa shape index (κ1) is 20.3. The van der Waals surface area contributed by atoms with E-state index in [1.54, 1.807) is 7.11 Å². The summed E-state index contributed by atoms with van der Waals surface area (Å²) in [5.74, 6) is 2.87. The Morgan fingerprint density at radius 2 is 1.97 bits per heavy atom. The van der Waals surface area contributed by atoms with Gasteiger partial charge in [-0.15, -0.1) is 0 Å². The van der Waals surface area contributed by atoms with Crippen molar-refractivity contribution in [3.63, 3.8) is 0 Å². The molecular weight excluding hydrogens is 378 g/mol. The van der Waals surface area contributed by atoms with E-state index in [1.807, 2.05) is 49.4 Å². The molecule has 0 spiro atoms. The Hall–Kier alpha value is -3.02. The summed E-state index contributed by atoms with van der Waals surface area (Å²) in [4.78, 5) is 17.0. The number of aryl methyl sites for hydroxylation is 1. The summed E-state index contributed by atoms with van der Waals surface area (Å²) in [6.07, 6.45) is 3.89. The smallest absolute Gasteiger partial charge is 0.223 e. The molecule has 2 aromatic carbocycles. The van der Waals surface area contributed by atoms with E-state index in [-0.39, 0.29) is 17.9 Å². The molecule has 6 heteroatoms. The van der Waals surface area contributed by atoms with Gasteiger partial charge in [-0.05, 0) is 56.9 Å². The van der Waals surface area contributed by atoms with Gasteiger partial charge < -0.3 is 19.4 Å². The van der Waals surface area contributed by atoms with Gasteiger partial charge in [-0.3, -0.25) is 4.79 Å². The van der Waals surface area contributed by atoms with Crippen molar-refractivity contribution in [2.24, 2.45) is 5.92 Å². The van der Waals surface area contributed by atoms with Crippen molar-refractivity contribution < 1.29 is 14.3 Å². The summed E-state index contributed by atoms with van der Waals surface area (Å²) in [6.45, 7) is 3.49. The highest BCUT2D eigenvalue weighted by atomic mass is 16.5. The van der Waals surface area contributed by atoms with Gasteiger partial charge in [0.25, 0.3) is 0 Å². The molecule has 0 saturated heterocycles. The van der Waals surface area contributed by atoms with Gasteiger partial charge in [-0.25, -0.2) is 4.98 Å². The average Bonchev–Trinajstić information content (AvgIpc) is 3.55. The van der Waals surface area contributed by atoms with Crippen LogP contribution in [0.15, 0.2) is 48.5 Å². The molecular formula is C24H29N3O3. The van der Waals surface area contributed by atoms with Crippen LogP contribution in [0.3, 0.4) is 0 Å². The number of rotatable bonds is 10. The van der Waals surface area contributed by atoms with Crippen molar-refractivity contribution in [1.82, 2.24) is 14.9 Å². The highest BCUT2D eigenvalue weighted by molar-refractivity contribution is 5.81. The number of methoxy groups -OCH3 is 1. The largest absolute Gasteiger partial charge is 0.497 e. The molecule has 0 bridgehead atoms. The predicted octanol–water partition coefficient (Wildman–Crippen LogP) is 4.49. The maximum Gasteiger partial charge on any atom is 0.223 e. The number of carbonyl (C=O) groups excluding carboxylic acids is 1. The number of unbranched alkanes of at least 4 members (excludes halogenated alkanes) is 1. The number of ether oxygens (including phenoxy) is 2. The fourth-order valence-electron chi connectivity index (χ4n) is 3.65. The first-order chi connectivity index (χ1) is 14.7. The van der Waals surface area contributed by atoms with Crippen LogP contribution in [-0.4, -0.2) is 29.2 Å². The predicted molar refractivity (Wildman–Crippen MR) is 117 cm³/mol. The molecule has 0 aliphatic heterocycles. The number of imidazole rings is 1. The third-order valence-corrected chi connectivity index (χ3v) is 5.46. The molecule has 1 aromatic heterocycles. The Labute approximate surface area is 177 Å². The molecule has 158 valence electrons. The van der Waals surface area contributed by atoms with Crippen molar-refractivity contribution >= 4 is 16.9 Å². The van der Waals surface area contributed by atoms with Gasteiger partial charge in [0, 0.05) is 18.5 Å². The van der Waals surface area contributed by atoms with Crippen LogP contribution in [0.1, 0.15) is 44.5 Å². The Morgan fingerprint density at radius 3 is 2.77 bits per heavy atom. The summed E-state index contributed by atoms with van der Waals surface area (Å²) in [7, 11) is 1.65. The second kappa shape index (κ2) is 9.20. The average molecular weight is 408 g/mol. The molecule has 30 heavy (non-hydrogen) atoms. The molecule has 1 fully saturated rings. The fraction of sp³-hybridized carbons (Fsp3) is 0.417. The number of para-hydroxylation sites is 2. The van der Waals surface area contributed by atoms with Crippen LogP contribution in [0.5, 0.6) is 11.5 Å². The monoisotopic (exact) mass is 407 g/mol. The second-order valence-electron chi connectivity index (χ2n) is 7.85. The summed E-state index contributed by atoms with van der Waals surface area (Å²) in [6, 6.07) is 15.7. The normalized spacial score (nSPS) is 14.5. The molecule has 1 aliphatic rings. The minimum atomic E-state index is -0.112. The van der Waals surface area contributed by atoms with Crippen molar-refractivity contribution in [1.29, 1.82) is 0 Å². The van der Waals surface area contributed by atoms with Crippen LogP contribution < -0.4 is 14.8 Å². The molecule has 3 aromatic rings. The number of carbonyl (C=O) groups is 1. The Kier molecular flexibility index (Phi) is 6.21. The highest BCUT2D eigenvalue weighted by Gasteiger charge is 2.31. The van der Waals surface area contributed by atoms with Gasteiger partial charge in [0.2, 0.25) is 5.91 Å². The molecule has 1 N–H and O–H groups in total. The number of hydrogen-bond acceptors (Lipinski definition) is 4. The molecule has 1 unspecified atom stereocenters. The van der Waals surface area contributed by atoms with Crippen LogP contribution in [0.4, 0.5) is 0 Å². The quantitative estimate of drug-likeness (QED) is 0.503. The molecule has 6 nitrogen and oxygen atoms in total. The summed E-state index contributed by atoms with van der Waals surface area (Å²) in [5.41, 5.74) is 2.07. The number of fused-ring (bicyclic) bond motifs is 1. The number of amides is 1. The lowest BCUT2D eigenvalue weighted by molar-refractivity contribution is -0.123. The summed E-state index contributed by atoms with van der Waals surface area (Å²) in [5, 5.41) is 3.13. The zero-order valence-corrected chi connectivity index (χ0v) is 17.6. The topological polar surface area (TPSA) is 65.4 Å². The lowest BCUT2D eigenvalue weighted by Crippen LogP contribution is -2.29. The zero-order chi connectivity index (χ0) is 20.9. The summed E-state index contributed by atoms with van der Waals surface area (Å²) < 4.78 is 13.3. The SMILES string of the molecule is COc1cccc(OCCCCn2c(C(C)NC(=O)C3CC3)nc3ccccc32)c1. The van der Waals surface area contributed by atoms with Crippen LogP contribution >= 0.6 is 0 Å². The van der Waals surface area contributed by atoms with Gasteiger partial charge in [0.05, 0.1) is 30.8 Å². The van der Waals surface area contributed by atoms with Gasteiger partial charge in [-0.1, -0.05) is 18.2 Å². The third kappa shape index (κ3) is 4.75. The molecule has 1 saturated carbocycles. The lowest BCUT2D eigenvalue weighted by atomic mass is 10.2. The zero-order valence-electron chi connectivity index (χ0n) is 17.6. The minimum Gasteiger partial charge on any atom is -0.497 e. The molecule has 1 amide bonds. The van der Waals surface area contributed by atoms with Crippen LogP contribution in [0, 0.1) is 5.92 Å². The van der Waals surface area contributed by atoms with E-state index in [2.05, 4.69) is 16.0 Å². The maximum absolute atomic E-state index is 12.2. The molecule has 1 aliphatic carbocycles. The fourth-order valence-corrected chi connectivity index (χ4v) is 3.65. The van der Waals surface area contributed by atoms with E-state index in [9.17, 15) is 4.79 Å². The van der Waals surface area contributed by atoms with E-state index in [0.717, 1.165) is 60.6 Å². The molecule has 4 rings (SSSR count). The Balaban J connectivity index is 1.38. The molecule has 1 atom stereocenters. The van der Waals surface area contributed by atoms with E-state index in [0.29, 0.717) is 6.61 Å². The number of hydrogen-bond donors (Lipinski definition) is 1. The van der Waals surface area contributed by atoms with Crippen LogP contribution in [0.25, 0.3) is 11.0 Å². The minimum absolute atomic E-state index is 0.112. The van der Waals surface area contributed by atoms with E-state index in [4.69, 9.17) is 14.5 Å². The Morgan fingerprint density at radius 1 is 1.17 bits per heavy atom. The van der Waals surface area contributed by atoms with Crippen molar-refractivity contribution in [2.75, 3.05) is 13.7 Å². The van der Waals surface area contributed by atoms with E-state index >= 15 is 0 Å². The number of benzene rings is 2. The van der Waals surface area contributed by atoms with Crippen molar-refractivity contribution in [2.45, 2.75) is 45.2 Å². The van der Waals surface area contributed by atoms with Gasteiger partial charge in [-0.2, -0.15) is 0 Å². The Bertz CT molecular complexity index is 1010. The second-order valence-corrected chi connectivity index (χ2v) is 7.85. The van der Waals surface area contributed by atoms with Gasteiger partial charge >= 0.3 is 0 Å². The van der Waals surface area contributed by atoms with Crippen LogP contribution in [-0.2, 0) is 11.3 Å². The van der Waals surface area contributed by atoms with Gasteiger partial charge in [0.15, 0.2) is 0 Å². The van der Waals surface area contributed by atoms with E-state index < -0.39 is 0 Å². The lowest BCUT2D eigenvalue weighted by Gasteiger charge is -2.16. The first-order valence-corrected chi connectivity index (χ1v) is 10.7. The van der Waals surface area contributed by atoms with E-state index in [1.165, 1.54) is 0 Å². The van der Waals surface area contributed by atoms with Crippen molar-refractivity contribution in [3.8, 4) is 11.5 Å². The van der Waals surface area contributed by atoms with Gasteiger partial charge in [0.1, 0.15) is 17.3 Å². The molecule has 0 radical (unpaired) electrons. The number of nitrogens with zero attached hydrogens (tertiary/aromatic N) is 2. The third-order valence-electron chi connectivity index (χ3n) is 5.46. The number of aromatic nitrogens is 2.